The molecule has 1 aliphatic rings. The van der Waals surface area contributed by atoms with Crippen LogP contribution in [0.1, 0.15) is 12.0 Å². The second-order valence-electron chi connectivity index (χ2n) is 5.58. The minimum Gasteiger partial charge on any atom is -0.497 e. The molecule has 24 heavy (non-hydrogen) atoms. The second-order valence-corrected chi connectivity index (χ2v) is 5.58. The molecule has 0 aromatic heterocycles. The number of carbonyl (C=O) groups excluding carboxylic acids is 1. The van der Waals surface area contributed by atoms with E-state index in [9.17, 15) is 18.0 Å². The Balaban J connectivity index is 1.70. The van der Waals surface area contributed by atoms with Crippen molar-refractivity contribution >= 4 is 5.91 Å². The third kappa shape index (κ3) is 5.68. The smallest absolute Gasteiger partial charge is 0.415 e. The highest BCUT2D eigenvalue weighted by molar-refractivity contribution is 5.76. The molecule has 1 saturated heterocycles. The van der Waals surface area contributed by atoms with Gasteiger partial charge < -0.3 is 14.8 Å². The summed E-state index contributed by atoms with van der Waals surface area (Å²) in [6, 6.07) is 7.28. The summed E-state index contributed by atoms with van der Waals surface area (Å²) < 4.78 is 47.7. The Labute approximate surface area is 138 Å². The number of amides is 1. The van der Waals surface area contributed by atoms with Gasteiger partial charge >= 0.3 is 6.18 Å². The van der Waals surface area contributed by atoms with Crippen LogP contribution in [0.25, 0.3) is 0 Å². The number of alkyl halides is 3. The van der Waals surface area contributed by atoms with Gasteiger partial charge in [0.15, 0.2) is 6.10 Å². The van der Waals surface area contributed by atoms with E-state index >= 15 is 0 Å². The molecule has 1 amide bonds. The van der Waals surface area contributed by atoms with E-state index in [0.29, 0.717) is 13.1 Å². The van der Waals surface area contributed by atoms with Crippen molar-refractivity contribution in [1.82, 2.24) is 10.2 Å². The van der Waals surface area contributed by atoms with Crippen LogP contribution in [0, 0.1) is 0 Å². The molecule has 1 aliphatic heterocycles. The number of nitrogens with one attached hydrogen (secondary N) is 1. The van der Waals surface area contributed by atoms with Crippen LogP contribution in [-0.4, -0.2) is 56.4 Å². The summed E-state index contributed by atoms with van der Waals surface area (Å²) in [6.45, 7) is 0.854. The highest BCUT2D eigenvalue weighted by atomic mass is 19.4. The number of rotatable bonds is 6. The molecule has 0 unspecified atom stereocenters. The van der Waals surface area contributed by atoms with Crippen LogP contribution < -0.4 is 10.1 Å². The molecule has 0 spiro atoms. The van der Waals surface area contributed by atoms with E-state index in [1.54, 1.807) is 24.1 Å². The zero-order valence-corrected chi connectivity index (χ0v) is 13.4. The summed E-state index contributed by atoms with van der Waals surface area (Å²) in [4.78, 5) is 13.5. The molecular formula is C16H21F3N2O3. The van der Waals surface area contributed by atoms with Gasteiger partial charge in [-0.2, -0.15) is 13.2 Å². The van der Waals surface area contributed by atoms with Gasteiger partial charge in [-0.25, -0.2) is 0 Å². The van der Waals surface area contributed by atoms with Gasteiger partial charge in [-0.15, -0.1) is 0 Å². The number of morpholine rings is 1. The Kier molecular flexibility index (Phi) is 6.44. The van der Waals surface area contributed by atoms with Gasteiger partial charge in [-0.3, -0.25) is 9.69 Å². The van der Waals surface area contributed by atoms with E-state index in [0.717, 1.165) is 11.3 Å². The fraction of sp³-hybridized carbons (Fsp3) is 0.562. The highest BCUT2D eigenvalue weighted by Gasteiger charge is 2.43. The van der Waals surface area contributed by atoms with Crippen LogP contribution in [0.3, 0.4) is 0 Å². The lowest BCUT2D eigenvalue weighted by atomic mass is 10.2. The normalized spacial score (nSPS) is 19.1. The summed E-state index contributed by atoms with van der Waals surface area (Å²) in [5, 5.41) is 2.76. The van der Waals surface area contributed by atoms with Crippen molar-refractivity contribution in [2.75, 3.05) is 33.4 Å². The summed E-state index contributed by atoms with van der Waals surface area (Å²) in [6.07, 6.45) is -5.98. The molecule has 1 aromatic carbocycles. The molecule has 0 saturated carbocycles. The van der Waals surface area contributed by atoms with Crippen molar-refractivity contribution in [3.05, 3.63) is 29.8 Å². The fourth-order valence-corrected chi connectivity index (χ4v) is 2.40. The molecule has 1 atom stereocenters. The number of hydrogen-bond donors (Lipinski definition) is 1. The molecule has 1 fully saturated rings. The molecule has 5 nitrogen and oxygen atoms in total. The molecule has 0 aliphatic carbocycles. The zero-order chi connectivity index (χ0) is 17.6. The van der Waals surface area contributed by atoms with E-state index in [1.165, 1.54) is 0 Å². The van der Waals surface area contributed by atoms with Crippen molar-refractivity contribution in [2.24, 2.45) is 0 Å². The Morgan fingerprint density at radius 2 is 2.08 bits per heavy atom. The number of benzene rings is 1. The average Bonchev–Trinajstić information content (AvgIpc) is 2.58. The number of hydrogen-bond acceptors (Lipinski definition) is 4. The summed E-state index contributed by atoms with van der Waals surface area (Å²) >= 11 is 0. The molecular weight excluding hydrogens is 325 g/mol. The Morgan fingerprint density at radius 1 is 1.38 bits per heavy atom. The standard InChI is InChI=1S/C16H21F3N2O3/c1-23-13-4-2-12(3-5-13)10-20-15(22)6-7-21-8-9-24-14(11-21)16(17,18)19/h2-5,14H,6-11H2,1H3,(H,20,22)/t14-/m1/s1. The molecule has 1 heterocycles. The van der Waals surface area contributed by atoms with Crippen molar-refractivity contribution < 1.29 is 27.4 Å². The summed E-state index contributed by atoms with van der Waals surface area (Å²) in [7, 11) is 1.58. The summed E-state index contributed by atoms with van der Waals surface area (Å²) in [5.74, 6) is 0.539. The predicted molar refractivity (Wildman–Crippen MR) is 81.7 cm³/mol. The molecule has 1 aromatic rings. The molecule has 0 radical (unpaired) electrons. The maximum Gasteiger partial charge on any atom is 0.415 e. The predicted octanol–water partition coefficient (Wildman–Crippen LogP) is 1.96. The number of carbonyl (C=O) groups is 1. The Hall–Kier alpha value is -1.80. The van der Waals surface area contributed by atoms with Crippen LogP contribution in [0.2, 0.25) is 0 Å². The van der Waals surface area contributed by atoms with Crippen molar-refractivity contribution in [3.8, 4) is 5.75 Å². The third-order valence-electron chi connectivity index (χ3n) is 3.82. The quantitative estimate of drug-likeness (QED) is 0.856. The number of methoxy groups -OCH3 is 1. The number of ether oxygens (including phenoxy) is 2. The highest BCUT2D eigenvalue weighted by Crippen LogP contribution is 2.25. The van der Waals surface area contributed by atoms with Gasteiger partial charge in [-0.1, -0.05) is 12.1 Å². The maximum absolute atomic E-state index is 12.6. The lowest BCUT2D eigenvalue weighted by Gasteiger charge is -2.33. The van der Waals surface area contributed by atoms with Crippen LogP contribution in [0.5, 0.6) is 5.75 Å². The average molecular weight is 346 g/mol. The molecule has 1 N–H and O–H groups in total. The van der Waals surface area contributed by atoms with Crippen molar-refractivity contribution in [1.29, 1.82) is 0 Å². The zero-order valence-electron chi connectivity index (χ0n) is 13.4. The van der Waals surface area contributed by atoms with Gasteiger partial charge in [0.05, 0.1) is 13.7 Å². The third-order valence-corrected chi connectivity index (χ3v) is 3.82. The second kappa shape index (κ2) is 8.34. The first-order chi connectivity index (χ1) is 11.4. The van der Waals surface area contributed by atoms with Crippen LogP contribution in [-0.2, 0) is 16.1 Å². The van der Waals surface area contributed by atoms with Crippen LogP contribution >= 0.6 is 0 Å². The first kappa shape index (κ1) is 18.5. The number of halogens is 3. The monoisotopic (exact) mass is 346 g/mol. The van der Waals surface area contributed by atoms with Crippen molar-refractivity contribution in [3.63, 3.8) is 0 Å². The lowest BCUT2D eigenvalue weighted by molar-refractivity contribution is -0.237. The first-order valence-electron chi connectivity index (χ1n) is 7.69. The Bertz CT molecular complexity index is 534. The Morgan fingerprint density at radius 3 is 2.71 bits per heavy atom. The minimum atomic E-state index is -4.37. The van der Waals surface area contributed by atoms with E-state index in [4.69, 9.17) is 9.47 Å². The van der Waals surface area contributed by atoms with E-state index in [1.807, 2.05) is 12.1 Å². The van der Waals surface area contributed by atoms with E-state index < -0.39 is 12.3 Å². The number of nitrogens with zero attached hydrogens (tertiary/aromatic N) is 1. The summed E-state index contributed by atoms with van der Waals surface area (Å²) in [5.41, 5.74) is 0.924. The van der Waals surface area contributed by atoms with Gasteiger partial charge in [0, 0.05) is 32.6 Å². The van der Waals surface area contributed by atoms with Crippen LogP contribution in [0.4, 0.5) is 13.2 Å². The lowest BCUT2D eigenvalue weighted by Crippen LogP contribution is -2.49. The molecule has 8 heteroatoms. The SMILES string of the molecule is COc1ccc(CNC(=O)CCN2CCO[C@@H](C(F)(F)F)C2)cc1. The van der Waals surface area contributed by atoms with Gasteiger partial charge in [0.2, 0.25) is 5.91 Å². The molecule has 134 valence electrons. The molecule has 2 rings (SSSR count). The fourth-order valence-electron chi connectivity index (χ4n) is 2.40. The van der Waals surface area contributed by atoms with Gasteiger partial charge in [0.1, 0.15) is 5.75 Å². The maximum atomic E-state index is 12.6. The van der Waals surface area contributed by atoms with Crippen molar-refractivity contribution in [2.45, 2.75) is 25.2 Å². The minimum absolute atomic E-state index is 0.0254. The largest absolute Gasteiger partial charge is 0.497 e. The molecule has 0 bridgehead atoms. The first-order valence-corrected chi connectivity index (χ1v) is 7.69. The van der Waals surface area contributed by atoms with E-state index in [2.05, 4.69) is 5.32 Å². The van der Waals surface area contributed by atoms with Crippen LogP contribution in [0.15, 0.2) is 24.3 Å². The topological polar surface area (TPSA) is 50.8 Å². The van der Waals surface area contributed by atoms with E-state index in [-0.39, 0.29) is 32.0 Å². The van der Waals surface area contributed by atoms with Gasteiger partial charge in [0.25, 0.3) is 0 Å². The van der Waals surface area contributed by atoms with Gasteiger partial charge in [-0.05, 0) is 17.7 Å².